The Morgan fingerprint density at radius 3 is 2.52 bits per heavy atom. The van der Waals surface area contributed by atoms with E-state index in [0.717, 1.165) is 16.7 Å². The zero-order valence-corrected chi connectivity index (χ0v) is 15.5. The molecule has 6 heteroatoms. The summed E-state index contributed by atoms with van der Waals surface area (Å²) < 4.78 is 5.10. The number of rotatable bonds is 3. The molecule has 0 saturated carbocycles. The van der Waals surface area contributed by atoms with Crippen molar-refractivity contribution in [3.8, 4) is 0 Å². The van der Waals surface area contributed by atoms with Crippen LogP contribution in [0.3, 0.4) is 0 Å². The molecule has 2 aromatic carbocycles. The molecule has 3 atom stereocenters. The molecule has 0 spiro atoms. The molecular formula is C21H23N3O3. The highest BCUT2D eigenvalue weighted by molar-refractivity contribution is 5.81. The van der Waals surface area contributed by atoms with Gasteiger partial charge in [0, 0.05) is 13.0 Å². The zero-order valence-electron chi connectivity index (χ0n) is 15.5. The molecule has 2 aromatic rings. The van der Waals surface area contributed by atoms with E-state index < -0.39 is 12.2 Å². The van der Waals surface area contributed by atoms with E-state index in [9.17, 15) is 9.59 Å². The van der Waals surface area contributed by atoms with Crippen LogP contribution in [0.25, 0.3) is 0 Å². The van der Waals surface area contributed by atoms with Crippen LogP contribution in [-0.4, -0.2) is 41.6 Å². The Labute approximate surface area is 158 Å². The smallest absolute Gasteiger partial charge is 0.325 e. The molecule has 2 aliphatic heterocycles. The first-order chi connectivity index (χ1) is 13.1. The van der Waals surface area contributed by atoms with E-state index in [1.807, 2.05) is 66.5 Å². The molecule has 27 heavy (non-hydrogen) atoms. The third-order valence-corrected chi connectivity index (χ3v) is 5.39. The van der Waals surface area contributed by atoms with Crippen LogP contribution in [0.2, 0.25) is 0 Å². The number of hydrogen-bond donors (Lipinski definition) is 1. The summed E-state index contributed by atoms with van der Waals surface area (Å²) in [6, 6.07) is 16.8. The van der Waals surface area contributed by atoms with Crippen LogP contribution in [0, 0.1) is 6.92 Å². The van der Waals surface area contributed by atoms with E-state index in [-0.39, 0.29) is 17.9 Å². The standard InChI is InChI=1S/C21H23N3O3/c1-14-8-6-7-11-16(14)20-22-18(21(26)27-2)19(15-9-4-3-5-10-15)23-13-12-17(25)24(20)23/h3-11,18-20,22H,12-13H2,1-2H3/t18-,19+,20+/m0/s1. The number of hydrogen-bond acceptors (Lipinski definition) is 5. The number of amides is 1. The molecule has 1 amide bonds. The van der Waals surface area contributed by atoms with E-state index in [0.29, 0.717) is 13.0 Å². The lowest BCUT2D eigenvalue weighted by atomic mass is 9.95. The number of fused-ring (bicyclic) bond motifs is 1. The molecule has 0 bridgehead atoms. The Morgan fingerprint density at radius 1 is 1.11 bits per heavy atom. The van der Waals surface area contributed by atoms with Gasteiger partial charge in [-0.2, -0.15) is 0 Å². The minimum Gasteiger partial charge on any atom is -0.468 e. The lowest BCUT2D eigenvalue weighted by molar-refractivity contribution is -0.173. The summed E-state index contributed by atoms with van der Waals surface area (Å²) in [5.74, 6) is -0.276. The monoisotopic (exact) mass is 365 g/mol. The molecule has 4 rings (SSSR count). The summed E-state index contributed by atoms with van der Waals surface area (Å²) in [7, 11) is 1.40. The number of benzene rings is 2. The van der Waals surface area contributed by atoms with E-state index >= 15 is 0 Å². The maximum Gasteiger partial charge on any atom is 0.325 e. The van der Waals surface area contributed by atoms with Crippen molar-refractivity contribution in [2.45, 2.75) is 31.6 Å². The Morgan fingerprint density at radius 2 is 1.81 bits per heavy atom. The highest BCUT2D eigenvalue weighted by Gasteiger charge is 2.50. The van der Waals surface area contributed by atoms with Crippen molar-refractivity contribution in [1.29, 1.82) is 0 Å². The highest BCUT2D eigenvalue weighted by Crippen LogP contribution is 2.40. The van der Waals surface area contributed by atoms with Gasteiger partial charge in [0.2, 0.25) is 5.91 Å². The lowest BCUT2D eigenvalue weighted by Crippen LogP contribution is -2.63. The summed E-state index contributed by atoms with van der Waals surface area (Å²) in [5.41, 5.74) is 3.03. The molecule has 2 saturated heterocycles. The maximum atomic E-state index is 12.8. The SMILES string of the molecule is COC(=O)[C@H]1N[C@@H](c2ccccc2C)N2C(=O)CCN2[C@@H]1c1ccccc1. The van der Waals surface area contributed by atoms with Gasteiger partial charge in [0.1, 0.15) is 12.2 Å². The quantitative estimate of drug-likeness (QED) is 0.846. The summed E-state index contributed by atoms with van der Waals surface area (Å²) >= 11 is 0. The van der Waals surface area contributed by atoms with Crippen LogP contribution in [0.5, 0.6) is 0 Å². The van der Waals surface area contributed by atoms with Gasteiger partial charge >= 0.3 is 5.97 Å². The number of carbonyl (C=O) groups excluding carboxylic acids is 2. The average Bonchev–Trinajstić information content (AvgIpc) is 3.09. The van der Waals surface area contributed by atoms with Crippen molar-refractivity contribution >= 4 is 11.9 Å². The van der Waals surface area contributed by atoms with Gasteiger partial charge in [-0.3, -0.25) is 19.9 Å². The van der Waals surface area contributed by atoms with Crippen molar-refractivity contribution in [2.75, 3.05) is 13.7 Å². The molecule has 0 aromatic heterocycles. The topological polar surface area (TPSA) is 61.9 Å². The van der Waals surface area contributed by atoms with Crippen molar-refractivity contribution < 1.29 is 14.3 Å². The fourth-order valence-corrected chi connectivity index (χ4v) is 4.10. The van der Waals surface area contributed by atoms with Crippen molar-refractivity contribution in [1.82, 2.24) is 15.3 Å². The fourth-order valence-electron chi connectivity index (χ4n) is 4.10. The predicted molar refractivity (Wildman–Crippen MR) is 100 cm³/mol. The summed E-state index contributed by atoms with van der Waals surface area (Å²) in [4.78, 5) is 25.4. The van der Waals surface area contributed by atoms with Crippen LogP contribution in [0.15, 0.2) is 54.6 Å². The number of esters is 1. The van der Waals surface area contributed by atoms with Crippen molar-refractivity contribution in [3.63, 3.8) is 0 Å². The Hall–Kier alpha value is -2.70. The number of hydrazine groups is 1. The fraction of sp³-hybridized carbons (Fsp3) is 0.333. The summed E-state index contributed by atoms with van der Waals surface area (Å²) in [6.45, 7) is 2.59. The molecule has 0 unspecified atom stereocenters. The number of carbonyl (C=O) groups is 2. The van der Waals surface area contributed by atoms with E-state index in [1.54, 1.807) is 5.01 Å². The first kappa shape index (κ1) is 17.7. The van der Waals surface area contributed by atoms with Gasteiger partial charge in [0.05, 0.1) is 13.2 Å². The maximum absolute atomic E-state index is 12.8. The van der Waals surface area contributed by atoms with Gasteiger partial charge in [-0.05, 0) is 23.6 Å². The largest absolute Gasteiger partial charge is 0.468 e. The molecule has 140 valence electrons. The van der Waals surface area contributed by atoms with Crippen molar-refractivity contribution in [3.05, 3.63) is 71.3 Å². The molecule has 2 fully saturated rings. The van der Waals surface area contributed by atoms with Gasteiger partial charge in [-0.15, -0.1) is 0 Å². The van der Waals surface area contributed by atoms with E-state index in [2.05, 4.69) is 5.32 Å². The van der Waals surface area contributed by atoms with Crippen LogP contribution in [0.1, 0.15) is 35.3 Å². The van der Waals surface area contributed by atoms with Crippen LogP contribution >= 0.6 is 0 Å². The second kappa shape index (κ2) is 7.13. The highest BCUT2D eigenvalue weighted by atomic mass is 16.5. The van der Waals surface area contributed by atoms with Crippen LogP contribution in [-0.2, 0) is 14.3 Å². The van der Waals surface area contributed by atoms with Gasteiger partial charge in [-0.25, -0.2) is 5.01 Å². The minimum atomic E-state index is -0.579. The zero-order chi connectivity index (χ0) is 19.0. The Kier molecular flexibility index (Phi) is 4.68. The summed E-state index contributed by atoms with van der Waals surface area (Å²) in [6.07, 6.45) is 0.0339. The first-order valence-corrected chi connectivity index (χ1v) is 9.15. The third kappa shape index (κ3) is 3.01. The summed E-state index contributed by atoms with van der Waals surface area (Å²) in [5, 5.41) is 7.20. The number of nitrogens with one attached hydrogen (secondary N) is 1. The lowest BCUT2D eigenvalue weighted by Gasteiger charge is -2.48. The molecule has 6 nitrogen and oxygen atoms in total. The molecular weight excluding hydrogens is 342 g/mol. The van der Waals surface area contributed by atoms with Gasteiger partial charge in [0.25, 0.3) is 0 Å². The Bertz CT molecular complexity index is 855. The van der Waals surface area contributed by atoms with Gasteiger partial charge < -0.3 is 4.74 Å². The van der Waals surface area contributed by atoms with Gasteiger partial charge in [0.15, 0.2) is 0 Å². The van der Waals surface area contributed by atoms with E-state index in [4.69, 9.17) is 4.74 Å². The number of ether oxygens (including phenoxy) is 1. The first-order valence-electron chi connectivity index (χ1n) is 9.15. The van der Waals surface area contributed by atoms with E-state index in [1.165, 1.54) is 7.11 Å². The minimum absolute atomic E-state index is 0.0556. The molecule has 2 heterocycles. The molecule has 2 aliphatic rings. The van der Waals surface area contributed by atoms with Crippen molar-refractivity contribution in [2.24, 2.45) is 0 Å². The number of nitrogens with zero attached hydrogens (tertiary/aromatic N) is 2. The predicted octanol–water partition coefficient (Wildman–Crippen LogP) is 2.33. The Balaban J connectivity index is 1.81. The van der Waals surface area contributed by atoms with Crippen LogP contribution in [0.4, 0.5) is 0 Å². The molecule has 1 N–H and O–H groups in total. The second-order valence-electron chi connectivity index (χ2n) is 6.93. The van der Waals surface area contributed by atoms with Gasteiger partial charge in [-0.1, -0.05) is 54.6 Å². The van der Waals surface area contributed by atoms with Crippen LogP contribution < -0.4 is 5.32 Å². The number of aryl methyl sites for hydroxylation is 1. The molecule has 0 aliphatic carbocycles. The molecule has 0 radical (unpaired) electrons. The average molecular weight is 365 g/mol. The normalized spacial score (nSPS) is 25.3. The third-order valence-electron chi connectivity index (χ3n) is 5.39. The second-order valence-corrected chi connectivity index (χ2v) is 6.93. The number of methoxy groups -OCH3 is 1.